The van der Waals surface area contributed by atoms with Crippen molar-refractivity contribution in [2.45, 2.75) is 38.6 Å². The Morgan fingerprint density at radius 2 is 1.90 bits per heavy atom. The summed E-state index contributed by atoms with van der Waals surface area (Å²) in [6, 6.07) is 3.73. The van der Waals surface area contributed by atoms with Crippen molar-refractivity contribution in [3.8, 4) is 0 Å². The molecule has 21 heavy (non-hydrogen) atoms. The topological polar surface area (TPSA) is 72.5 Å². The van der Waals surface area contributed by atoms with Gasteiger partial charge in [0.2, 0.25) is 10.0 Å². The number of carbonyl (C=O) groups excluding carboxylic acids is 1. The monoisotopic (exact) mass is 377 g/mol. The van der Waals surface area contributed by atoms with Crippen LogP contribution in [0.2, 0.25) is 0 Å². The Morgan fingerprint density at radius 1 is 1.33 bits per heavy atom. The van der Waals surface area contributed by atoms with Crippen LogP contribution in [0.3, 0.4) is 0 Å². The maximum absolute atomic E-state index is 12.4. The summed E-state index contributed by atoms with van der Waals surface area (Å²) in [6.07, 6.45) is 0. The second-order valence-electron chi connectivity index (χ2n) is 5.85. The van der Waals surface area contributed by atoms with Crippen LogP contribution in [0.4, 0.5) is 0 Å². The third-order valence-electron chi connectivity index (χ3n) is 3.02. The summed E-state index contributed by atoms with van der Waals surface area (Å²) in [6.45, 7) is 7.10. The molecule has 0 bridgehead atoms. The molecule has 0 aromatic heterocycles. The lowest BCUT2D eigenvalue weighted by Crippen LogP contribution is -2.49. The summed E-state index contributed by atoms with van der Waals surface area (Å²) < 4.78 is 32.8. The zero-order valence-corrected chi connectivity index (χ0v) is 15.1. The quantitative estimate of drug-likeness (QED) is 0.818. The van der Waals surface area contributed by atoms with Gasteiger partial charge in [-0.15, -0.1) is 0 Å². The van der Waals surface area contributed by atoms with Crippen LogP contribution in [0, 0.1) is 12.3 Å². The molecule has 1 aromatic carbocycles. The summed E-state index contributed by atoms with van der Waals surface area (Å²) >= 11 is 3.32. The largest absolute Gasteiger partial charge is 0.468 e. The van der Waals surface area contributed by atoms with Crippen LogP contribution in [-0.4, -0.2) is 27.5 Å². The first-order valence-electron chi connectivity index (χ1n) is 6.35. The van der Waals surface area contributed by atoms with Crippen molar-refractivity contribution < 1.29 is 17.9 Å². The number of hydrogen-bond acceptors (Lipinski definition) is 4. The molecule has 1 atom stereocenters. The van der Waals surface area contributed by atoms with E-state index in [2.05, 4.69) is 20.7 Å². The zero-order valence-electron chi connectivity index (χ0n) is 12.7. The second-order valence-corrected chi connectivity index (χ2v) is 8.42. The van der Waals surface area contributed by atoms with Gasteiger partial charge < -0.3 is 4.74 Å². The average Bonchev–Trinajstić information content (AvgIpc) is 2.37. The van der Waals surface area contributed by atoms with Crippen molar-refractivity contribution in [2.24, 2.45) is 5.41 Å². The Labute approximate surface area is 134 Å². The molecule has 0 aliphatic rings. The van der Waals surface area contributed by atoms with Crippen LogP contribution < -0.4 is 4.72 Å². The molecule has 0 amide bonds. The molecule has 1 N–H and O–H groups in total. The molecule has 0 heterocycles. The van der Waals surface area contributed by atoms with Crippen molar-refractivity contribution in [2.75, 3.05) is 7.11 Å². The van der Waals surface area contributed by atoms with Crippen molar-refractivity contribution in [1.82, 2.24) is 4.72 Å². The van der Waals surface area contributed by atoms with Crippen molar-refractivity contribution >= 4 is 31.9 Å². The summed E-state index contributed by atoms with van der Waals surface area (Å²) in [5, 5.41) is 0. The Balaban J connectivity index is 3.17. The van der Waals surface area contributed by atoms with E-state index in [9.17, 15) is 13.2 Å². The van der Waals surface area contributed by atoms with E-state index >= 15 is 0 Å². The Kier molecular flexibility index (Phi) is 5.57. The molecule has 0 saturated carbocycles. The lowest BCUT2D eigenvalue weighted by atomic mass is 9.87. The first-order chi connectivity index (χ1) is 9.49. The van der Waals surface area contributed by atoms with E-state index in [0.29, 0.717) is 0 Å². The Morgan fingerprint density at radius 3 is 2.33 bits per heavy atom. The van der Waals surface area contributed by atoms with Gasteiger partial charge in [0.25, 0.3) is 0 Å². The summed E-state index contributed by atoms with van der Waals surface area (Å²) in [5.41, 5.74) is 0.188. The highest BCUT2D eigenvalue weighted by Crippen LogP contribution is 2.24. The molecule has 0 aliphatic heterocycles. The van der Waals surface area contributed by atoms with E-state index in [0.717, 1.165) is 10.0 Å². The molecule has 1 aromatic rings. The van der Waals surface area contributed by atoms with Gasteiger partial charge in [-0.3, -0.25) is 4.79 Å². The molecule has 0 fully saturated rings. The number of nitrogens with one attached hydrogen (secondary N) is 1. The molecule has 0 aliphatic carbocycles. The van der Waals surface area contributed by atoms with Crippen LogP contribution in [0.25, 0.3) is 0 Å². The number of methoxy groups -OCH3 is 1. The first kappa shape index (κ1) is 18.1. The molecular formula is C14H20BrNO4S. The van der Waals surface area contributed by atoms with Crippen LogP contribution in [-0.2, 0) is 19.6 Å². The molecule has 0 radical (unpaired) electrons. The number of aryl methyl sites for hydroxylation is 1. The smallest absolute Gasteiger partial charge is 0.324 e. The molecule has 0 saturated heterocycles. The maximum Gasteiger partial charge on any atom is 0.324 e. The number of rotatable bonds is 4. The van der Waals surface area contributed by atoms with Gasteiger partial charge in [-0.1, -0.05) is 36.7 Å². The van der Waals surface area contributed by atoms with E-state index in [-0.39, 0.29) is 4.90 Å². The van der Waals surface area contributed by atoms with E-state index in [4.69, 9.17) is 4.74 Å². The highest BCUT2D eigenvalue weighted by Gasteiger charge is 2.36. The van der Waals surface area contributed by atoms with E-state index in [1.165, 1.54) is 13.2 Å². The summed E-state index contributed by atoms with van der Waals surface area (Å²) in [5.74, 6) is -0.611. The first-order valence-corrected chi connectivity index (χ1v) is 8.63. The minimum Gasteiger partial charge on any atom is -0.468 e. The van der Waals surface area contributed by atoms with Gasteiger partial charge in [0.1, 0.15) is 6.04 Å². The fourth-order valence-corrected chi connectivity index (χ4v) is 3.43. The standard InChI is InChI=1S/C14H20BrNO4S/c1-9-8-10(6-7-11(9)15)21(18,19)16-12(13(17)20-5)14(2,3)4/h6-8,12,16H,1-5H3. The number of carbonyl (C=O) groups is 1. The van der Waals surface area contributed by atoms with E-state index < -0.39 is 27.4 Å². The molecule has 1 unspecified atom stereocenters. The van der Waals surface area contributed by atoms with Crippen LogP contribution in [0.15, 0.2) is 27.6 Å². The minimum atomic E-state index is -3.81. The third kappa shape index (κ3) is 4.52. The fraction of sp³-hybridized carbons (Fsp3) is 0.500. The molecular weight excluding hydrogens is 358 g/mol. The Hall–Kier alpha value is -0.920. The third-order valence-corrected chi connectivity index (χ3v) is 5.33. The number of halogens is 1. The number of benzene rings is 1. The normalized spacial score (nSPS) is 13.8. The van der Waals surface area contributed by atoms with E-state index in [1.807, 2.05) is 0 Å². The number of hydrogen-bond donors (Lipinski definition) is 1. The van der Waals surface area contributed by atoms with Crippen molar-refractivity contribution in [3.63, 3.8) is 0 Å². The zero-order chi connectivity index (χ0) is 16.4. The molecule has 7 heteroatoms. The van der Waals surface area contributed by atoms with Crippen LogP contribution in [0.1, 0.15) is 26.3 Å². The lowest BCUT2D eigenvalue weighted by Gasteiger charge is -2.28. The predicted molar refractivity (Wildman–Crippen MR) is 84.5 cm³/mol. The number of ether oxygens (including phenoxy) is 1. The maximum atomic E-state index is 12.4. The minimum absolute atomic E-state index is 0.112. The average molecular weight is 378 g/mol. The highest BCUT2D eigenvalue weighted by atomic mass is 79.9. The van der Waals surface area contributed by atoms with Gasteiger partial charge >= 0.3 is 5.97 Å². The van der Waals surface area contributed by atoms with E-state index in [1.54, 1.807) is 39.8 Å². The van der Waals surface area contributed by atoms with Crippen LogP contribution >= 0.6 is 15.9 Å². The lowest BCUT2D eigenvalue weighted by molar-refractivity contribution is -0.145. The van der Waals surface area contributed by atoms with Gasteiger partial charge in [-0.2, -0.15) is 4.72 Å². The fourth-order valence-electron chi connectivity index (χ4n) is 1.70. The molecule has 118 valence electrons. The molecule has 5 nitrogen and oxygen atoms in total. The van der Waals surface area contributed by atoms with Crippen molar-refractivity contribution in [1.29, 1.82) is 0 Å². The SMILES string of the molecule is COC(=O)C(NS(=O)(=O)c1ccc(Br)c(C)c1)C(C)(C)C. The second kappa shape index (κ2) is 6.46. The highest BCUT2D eigenvalue weighted by molar-refractivity contribution is 9.10. The molecule has 0 spiro atoms. The van der Waals surface area contributed by atoms with Gasteiger partial charge in [-0.05, 0) is 36.1 Å². The van der Waals surface area contributed by atoms with Gasteiger partial charge in [0.15, 0.2) is 0 Å². The summed E-state index contributed by atoms with van der Waals surface area (Å²) in [7, 11) is -2.57. The van der Waals surface area contributed by atoms with Gasteiger partial charge in [-0.25, -0.2) is 8.42 Å². The number of sulfonamides is 1. The van der Waals surface area contributed by atoms with Gasteiger partial charge in [0.05, 0.1) is 12.0 Å². The van der Waals surface area contributed by atoms with Crippen molar-refractivity contribution in [3.05, 3.63) is 28.2 Å². The summed E-state index contributed by atoms with van der Waals surface area (Å²) in [4.78, 5) is 11.9. The predicted octanol–water partition coefficient (Wildman–Crippen LogP) is 2.62. The molecule has 1 rings (SSSR count). The van der Waals surface area contributed by atoms with Gasteiger partial charge in [0, 0.05) is 4.47 Å². The number of esters is 1. The van der Waals surface area contributed by atoms with Crippen LogP contribution in [0.5, 0.6) is 0 Å². The Bertz CT molecular complexity index is 635.